The smallest absolute Gasteiger partial charge is 0.271 e. The van der Waals surface area contributed by atoms with Gasteiger partial charge in [-0.05, 0) is 33.8 Å². The summed E-state index contributed by atoms with van der Waals surface area (Å²) in [6.07, 6.45) is 0. The van der Waals surface area contributed by atoms with Crippen molar-refractivity contribution in [3.05, 3.63) is 56.9 Å². The van der Waals surface area contributed by atoms with Crippen molar-refractivity contribution in [1.82, 2.24) is 15.2 Å². The van der Waals surface area contributed by atoms with E-state index in [4.69, 9.17) is 0 Å². The lowest BCUT2D eigenvalue weighted by Crippen LogP contribution is -2.25. The van der Waals surface area contributed by atoms with E-state index in [9.17, 15) is 14.9 Å². The van der Waals surface area contributed by atoms with Crippen molar-refractivity contribution in [3.8, 4) is 0 Å². The third kappa shape index (κ3) is 4.03. The molecular weight excluding hydrogens is 310 g/mol. The second-order valence-corrected chi connectivity index (χ2v) is 5.58. The Morgan fingerprint density at radius 1 is 1.33 bits per heavy atom. The van der Waals surface area contributed by atoms with Gasteiger partial charge in [0.05, 0.1) is 16.3 Å². The number of hydrazone groups is 1. The van der Waals surface area contributed by atoms with Crippen LogP contribution >= 0.6 is 0 Å². The normalized spacial score (nSPS) is 11.4. The van der Waals surface area contributed by atoms with Gasteiger partial charge in [0.15, 0.2) is 0 Å². The van der Waals surface area contributed by atoms with Crippen LogP contribution in [0.1, 0.15) is 29.4 Å². The molecular formula is C16H19N5O3. The Morgan fingerprint density at radius 3 is 2.62 bits per heavy atom. The molecule has 8 nitrogen and oxygen atoms in total. The molecule has 1 aromatic carbocycles. The number of carbonyl (C=O) groups excluding carboxylic acids is 1. The Morgan fingerprint density at radius 2 is 2.04 bits per heavy atom. The van der Waals surface area contributed by atoms with Gasteiger partial charge in [0, 0.05) is 22.9 Å². The Kier molecular flexibility index (Phi) is 5.08. The molecule has 0 unspecified atom stereocenters. The summed E-state index contributed by atoms with van der Waals surface area (Å²) in [5, 5.41) is 19.2. The summed E-state index contributed by atoms with van der Waals surface area (Å²) in [7, 11) is 0. The van der Waals surface area contributed by atoms with Gasteiger partial charge in [0.1, 0.15) is 6.54 Å². The summed E-state index contributed by atoms with van der Waals surface area (Å²) in [5.41, 5.74) is 5.84. The molecule has 1 N–H and O–H groups in total. The van der Waals surface area contributed by atoms with Gasteiger partial charge in [-0.3, -0.25) is 19.6 Å². The topological polar surface area (TPSA) is 102 Å². The van der Waals surface area contributed by atoms with Crippen LogP contribution in [-0.4, -0.2) is 26.3 Å². The standard InChI is InChI=1S/C16H19N5O3/c1-10-5-6-14(8-15(10)21(23)24)13(4)17-18-16(22)9-20-12(3)7-11(2)19-20/h5-8H,9H2,1-4H3,(H,18,22)/b17-13-. The van der Waals surface area contributed by atoms with Crippen LogP contribution in [0.4, 0.5) is 5.69 Å². The summed E-state index contributed by atoms with van der Waals surface area (Å²) in [6, 6.07) is 6.72. The molecule has 1 heterocycles. The zero-order valence-electron chi connectivity index (χ0n) is 14.0. The van der Waals surface area contributed by atoms with Crippen molar-refractivity contribution in [1.29, 1.82) is 0 Å². The summed E-state index contributed by atoms with van der Waals surface area (Å²) in [5.74, 6) is -0.317. The number of nitro benzene ring substituents is 1. The van der Waals surface area contributed by atoms with Gasteiger partial charge in [0.25, 0.3) is 11.6 Å². The van der Waals surface area contributed by atoms with Crippen molar-refractivity contribution in [2.45, 2.75) is 34.2 Å². The Labute approximate surface area is 139 Å². The number of rotatable bonds is 5. The van der Waals surface area contributed by atoms with Gasteiger partial charge in [0.2, 0.25) is 0 Å². The lowest BCUT2D eigenvalue weighted by Gasteiger charge is -2.05. The predicted molar refractivity (Wildman–Crippen MR) is 89.9 cm³/mol. The van der Waals surface area contributed by atoms with Crippen LogP contribution < -0.4 is 5.43 Å². The van der Waals surface area contributed by atoms with Crippen molar-refractivity contribution >= 4 is 17.3 Å². The molecule has 0 aliphatic heterocycles. The first-order valence-electron chi connectivity index (χ1n) is 7.37. The van der Waals surface area contributed by atoms with Gasteiger partial charge in [-0.1, -0.05) is 12.1 Å². The maximum Gasteiger partial charge on any atom is 0.272 e. The fourth-order valence-corrected chi connectivity index (χ4v) is 2.25. The van der Waals surface area contributed by atoms with Gasteiger partial charge in [-0.25, -0.2) is 5.43 Å². The van der Waals surface area contributed by atoms with Crippen LogP contribution in [0.15, 0.2) is 29.4 Å². The molecule has 0 spiro atoms. The van der Waals surface area contributed by atoms with Crippen LogP contribution in [0, 0.1) is 30.9 Å². The zero-order valence-corrected chi connectivity index (χ0v) is 14.0. The molecule has 24 heavy (non-hydrogen) atoms. The van der Waals surface area contributed by atoms with Gasteiger partial charge in [-0.2, -0.15) is 10.2 Å². The first-order chi connectivity index (χ1) is 11.3. The average Bonchev–Trinajstić information content (AvgIpc) is 2.82. The van der Waals surface area contributed by atoms with Crippen molar-refractivity contribution in [3.63, 3.8) is 0 Å². The Balaban J connectivity index is 2.08. The minimum Gasteiger partial charge on any atom is -0.271 e. The van der Waals surface area contributed by atoms with E-state index in [1.165, 1.54) is 6.07 Å². The molecule has 2 aromatic rings. The fourth-order valence-electron chi connectivity index (χ4n) is 2.25. The van der Waals surface area contributed by atoms with Crippen LogP contribution in [-0.2, 0) is 11.3 Å². The molecule has 0 atom stereocenters. The van der Waals surface area contributed by atoms with E-state index in [2.05, 4.69) is 15.6 Å². The monoisotopic (exact) mass is 329 g/mol. The minimum absolute atomic E-state index is 0.0241. The molecule has 8 heteroatoms. The number of amides is 1. The van der Waals surface area contributed by atoms with Crippen LogP contribution in [0.2, 0.25) is 0 Å². The van der Waals surface area contributed by atoms with E-state index in [1.54, 1.807) is 30.7 Å². The molecule has 0 saturated carbocycles. The quantitative estimate of drug-likeness (QED) is 0.516. The highest BCUT2D eigenvalue weighted by Crippen LogP contribution is 2.19. The Hall–Kier alpha value is -3.03. The summed E-state index contributed by atoms with van der Waals surface area (Å²) in [6.45, 7) is 7.13. The van der Waals surface area contributed by atoms with E-state index < -0.39 is 4.92 Å². The SMILES string of the molecule is C/C(=N/NC(=O)Cn1nc(C)cc1C)c1ccc(C)c([N+](=O)[O-])c1. The lowest BCUT2D eigenvalue weighted by molar-refractivity contribution is -0.385. The fraction of sp³-hybridized carbons (Fsp3) is 0.312. The van der Waals surface area contributed by atoms with Gasteiger partial charge < -0.3 is 0 Å². The van der Waals surface area contributed by atoms with Crippen molar-refractivity contribution in [2.75, 3.05) is 0 Å². The number of nitro groups is 1. The zero-order chi connectivity index (χ0) is 17.9. The second-order valence-electron chi connectivity index (χ2n) is 5.58. The number of hydrogen-bond acceptors (Lipinski definition) is 5. The van der Waals surface area contributed by atoms with E-state index in [0.29, 0.717) is 16.8 Å². The molecule has 126 valence electrons. The predicted octanol–water partition coefficient (Wildman–Crippen LogP) is 2.26. The molecule has 1 amide bonds. The highest BCUT2D eigenvalue weighted by molar-refractivity contribution is 5.99. The second kappa shape index (κ2) is 7.03. The third-order valence-electron chi connectivity index (χ3n) is 3.57. The van der Waals surface area contributed by atoms with Crippen LogP contribution in [0.5, 0.6) is 0 Å². The van der Waals surface area contributed by atoms with E-state index in [0.717, 1.165) is 11.4 Å². The summed E-state index contributed by atoms with van der Waals surface area (Å²) < 4.78 is 1.59. The minimum atomic E-state index is -0.437. The molecule has 0 radical (unpaired) electrons. The molecule has 0 aliphatic carbocycles. The van der Waals surface area contributed by atoms with Crippen LogP contribution in [0.25, 0.3) is 0 Å². The number of nitrogens with zero attached hydrogens (tertiary/aromatic N) is 4. The molecule has 0 aliphatic rings. The van der Waals surface area contributed by atoms with Gasteiger partial charge >= 0.3 is 0 Å². The number of hydrogen-bond donors (Lipinski definition) is 1. The van der Waals surface area contributed by atoms with E-state index in [1.807, 2.05) is 19.9 Å². The van der Waals surface area contributed by atoms with Crippen molar-refractivity contribution in [2.24, 2.45) is 5.10 Å². The number of aryl methyl sites for hydroxylation is 3. The maximum atomic E-state index is 12.0. The van der Waals surface area contributed by atoms with E-state index in [-0.39, 0.29) is 18.1 Å². The number of carbonyl (C=O) groups is 1. The number of benzene rings is 1. The summed E-state index contributed by atoms with van der Waals surface area (Å²) >= 11 is 0. The average molecular weight is 329 g/mol. The van der Waals surface area contributed by atoms with Crippen molar-refractivity contribution < 1.29 is 9.72 Å². The molecule has 0 saturated heterocycles. The highest BCUT2D eigenvalue weighted by Gasteiger charge is 2.12. The maximum absolute atomic E-state index is 12.0. The molecule has 2 rings (SSSR count). The van der Waals surface area contributed by atoms with Gasteiger partial charge in [-0.15, -0.1) is 0 Å². The largest absolute Gasteiger partial charge is 0.272 e. The van der Waals surface area contributed by atoms with E-state index >= 15 is 0 Å². The summed E-state index contributed by atoms with van der Waals surface area (Å²) in [4.78, 5) is 22.5. The number of aromatic nitrogens is 2. The number of nitrogens with one attached hydrogen (secondary N) is 1. The highest BCUT2D eigenvalue weighted by atomic mass is 16.6. The third-order valence-corrected chi connectivity index (χ3v) is 3.57. The Bertz CT molecular complexity index is 823. The van der Waals surface area contributed by atoms with Crippen LogP contribution in [0.3, 0.4) is 0 Å². The lowest BCUT2D eigenvalue weighted by atomic mass is 10.1. The first kappa shape index (κ1) is 17.3. The first-order valence-corrected chi connectivity index (χ1v) is 7.37. The molecule has 0 bridgehead atoms. The molecule has 0 fully saturated rings. The molecule has 1 aromatic heterocycles.